The number of anilines is 1. The number of amides is 1. The van der Waals surface area contributed by atoms with Crippen molar-refractivity contribution >= 4 is 17.5 Å². The summed E-state index contributed by atoms with van der Waals surface area (Å²) in [7, 11) is 0. The molecule has 0 aliphatic carbocycles. The molecule has 1 amide bonds. The maximum absolute atomic E-state index is 12.0. The molecule has 1 aliphatic rings. The van der Waals surface area contributed by atoms with E-state index in [0.29, 0.717) is 0 Å². The highest BCUT2D eigenvalue weighted by Gasteiger charge is 2.27. The molecule has 1 aliphatic heterocycles. The number of tetrazole rings is 1. The number of carbonyl (C=O) groups is 1. The predicted molar refractivity (Wildman–Crippen MR) is 61.4 cm³/mol. The van der Waals surface area contributed by atoms with Crippen LogP contribution in [0.5, 0.6) is 11.5 Å². The first-order valence-corrected chi connectivity index (χ1v) is 5.28. The molecule has 11 heteroatoms. The summed E-state index contributed by atoms with van der Waals surface area (Å²) in [6.45, 7) is -0.0520. The summed E-state index contributed by atoms with van der Waals surface area (Å²) >= 11 is 0. The van der Waals surface area contributed by atoms with E-state index in [4.69, 9.17) is 9.47 Å². The fourth-order valence-corrected chi connectivity index (χ4v) is 1.65. The van der Waals surface area contributed by atoms with E-state index in [2.05, 4.69) is 25.9 Å². The third-order valence-corrected chi connectivity index (χ3v) is 2.51. The highest BCUT2D eigenvalue weighted by atomic mass is 16.7. The Labute approximate surface area is 110 Å². The molecule has 0 saturated carbocycles. The van der Waals surface area contributed by atoms with Crippen LogP contribution in [0.1, 0.15) is 10.4 Å². The van der Waals surface area contributed by atoms with E-state index in [9.17, 15) is 14.9 Å². The number of aromatic amines is 1. The molecule has 0 fully saturated rings. The van der Waals surface area contributed by atoms with Crippen LogP contribution in [0.4, 0.5) is 11.6 Å². The number of rotatable bonds is 3. The Morgan fingerprint density at radius 1 is 1.40 bits per heavy atom. The van der Waals surface area contributed by atoms with Crippen molar-refractivity contribution in [2.24, 2.45) is 0 Å². The number of nitrogens with one attached hydrogen (secondary N) is 2. The van der Waals surface area contributed by atoms with Crippen molar-refractivity contribution in [1.29, 1.82) is 0 Å². The summed E-state index contributed by atoms with van der Waals surface area (Å²) in [4.78, 5) is 22.3. The first-order chi connectivity index (χ1) is 9.65. The molecule has 0 saturated heterocycles. The number of nitro groups is 1. The number of benzene rings is 1. The van der Waals surface area contributed by atoms with Gasteiger partial charge in [-0.05, 0) is 10.4 Å². The zero-order valence-electron chi connectivity index (χ0n) is 9.69. The number of H-pyrrole nitrogens is 1. The normalized spacial score (nSPS) is 12.2. The molecular weight excluding hydrogens is 272 g/mol. The second-order valence-electron chi connectivity index (χ2n) is 3.68. The van der Waals surface area contributed by atoms with Gasteiger partial charge in [-0.3, -0.25) is 20.2 Å². The van der Waals surface area contributed by atoms with E-state index in [1.165, 1.54) is 6.07 Å². The summed E-state index contributed by atoms with van der Waals surface area (Å²) in [5.74, 6) is -0.290. The Morgan fingerprint density at radius 3 is 2.80 bits per heavy atom. The number of nitro benzene ring substituents is 1. The average Bonchev–Trinajstić information content (AvgIpc) is 3.06. The van der Waals surface area contributed by atoms with E-state index in [-0.39, 0.29) is 29.8 Å². The third-order valence-electron chi connectivity index (χ3n) is 2.51. The SMILES string of the molecule is O=C(Nc1nnn[nH]1)c1cc2c(cc1[N+](=O)[O-])OCO2. The van der Waals surface area contributed by atoms with Crippen molar-refractivity contribution in [3.05, 3.63) is 27.8 Å². The summed E-state index contributed by atoms with van der Waals surface area (Å²) < 4.78 is 10.1. The average molecular weight is 278 g/mol. The molecule has 3 rings (SSSR count). The highest BCUT2D eigenvalue weighted by molar-refractivity contribution is 6.06. The maximum Gasteiger partial charge on any atom is 0.286 e. The van der Waals surface area contributed by atoms with Crippen molar-refractivity contribution in [2.45, 2.75) is 0 Å². The molecule has 1 aromatic carbocycles. The fourth-order valence-electron chi connectivity index (χ4n) is 1.65. The van der Waals surface area contributed by atoms with Gasteiger partial charge < -0.3 is 9.47 Å². The van der Waals surface area contributed by atoms with Crippen LogP contribution >= 0.6 is 0 Å². The Morgan fingerprint density at radius 2 is 2.15 bits per heavy atom. The lowest BCUT2D eigenvalue weighted by atomic mass is 10.1. The minimum atomic E-state index is -0.742. The van der Waals surface area contributed by atoms with Crippen molar-refractivity contribution < 1.29 is 19.2 Å². The molecule has 0 unspecified atom stereocenters. The standard InChI is InChI=1S/C9H6N6O5/c16-8(10-9-11-13-14-12-9)4-1-6-7(20-3-19-6)2-5(4)15(17)18/h1-2H,3H2,(H2,10,11,12,13,14,16). The van der Waals surface area contributed by atoms with Crippen LogP contribution in [0.25, 0.3) is 0 Å². The fraction of sp³-hybridized carbons (Fsp3) is 0.111. The lowest BCUT2D eigenvalue weighted by Gasteiger charge is -2.04. The minimum Gasteiger partial charge on any atom is -0.454 e. The molecule has 0 spiro atoms. The number of fused-ring (bicyclic) bond motifs is 1. The summed E-state index contributed by atoms with van der Waals surface area (Å²) in [6, 6.07) is 2.37. The molecule has 0 bridgehead atoms. The highest BCUT2D eigenvalue weighted by Crippen LogP contribution is 2.38. The molecule has 2 aromatic rings. The third kappa shape index (κ3) is 1.96. The van der Waals surface area contributed by atoms with E-state index >= 15 is 0 Å². The van der Waals surface area contributed by atoms with Gasteiger partial charge in [0, 0.05) is 6.07 Å². The number of hydrogen-bond acceptors (Lipinski definition) is 8. The second kappa shape index (κ2) is 4.46. The van der Waals surface area contributed by atoms with Gasteiger partial charge in [-0.25, -0.2) is 5.10 Å². The van der Waals surface area contributed by atoms with Crippen molar-refractivity contribution in [2.75, 3.05) is 12.1 Å². The van der Waals surface area contributed by atoms with Gasteiger partial charge in [-0.15, -0.1) is 0 Å². The lowest BCUT2D eigenvalue weighted by Crippen LogP contribution is -2.15. The molecule has 11 nitrogen and oxygen atoms in total. The first-order valence-electron chi connectivity index (χ1n) is 5.28. The Hall–Kier alpha value is -3.24. The summed E-state index contributed by atoms with van der Waals surface area (Å²) in [5, 5.41) is 25.6. The zero-order valence-corrected chi connectivity index (χ0v) is 9.69. The lowest BCUT2D eigenvalue weighted by molar-refractivity contribution is -0.385. The quantitative estimate of drug-likeness (QED) is 0.593. The Bertz CT molecular complexity index is 684. The number of hydrogen-bond donors (Lipinski definition) is 2. The van der Waals surface area contributed by atoms with Crippen LogP contribution in [0.15, 0.2) is 12.1 Å². The van der Waals surface area contributed by atoms with Gasteiger partial charge in [-0.2, -0.15) is 0 Å². The van der Waals surface area contributed by atoms with E-state index in [1.807, 2.05) is 0 Å². The van der Waals surface area contributed by atoms with Gasteiger partial charge in [0.2, 0.25) is 12.7 Å². The predicted octanol–water partition coefficient (Wildman–Crippen LogP) is 0.0889. The number of nitrogens with zero attached hydrogens (tertiary/aromatic N) is 4. The van der Waals surface area contributed by atoms with Crippen LogP contribution in [0.3, 0.4) is 0 Å². The molecule has 2 N–H and O–H groups in total. The van der Waals surface area contributed by atoms with Crippen LogP contribution in [-0.4, -0.2) is 38.2 Å². The van der Waals surface area contributed by atoms with Crippen molar-refractivity contribution in [1.82, 2.24) is 20.6 Å². The Balaban J connectivity index is 1.99. The van der Waals surface area contributed by atoms with Gasteiger partial charge >= 0.3 is 0 Å². The van der Waals surface area contributed by atoms with Gasteiger partial charge in [0.1, 0.15) is 5.56 Å². The van der Waals surface area contributed by atoms with Crippen LogP contribution in [0, 0.1) is 10.1 Å². The number of ether oxygens (including phenoxy) is 2. The minimum absolute atomic E-state index is 0.0260. The largest absolute Gasteiger partial charge is 0.454 e. The molecule has 0 atom stereocenters. The monoisotopic (exact) mass is 278 g/mol. The summed E-state index contributed by atoms with van der Waals surface area (Å²) in [5.41, 5.74) is -0.588. The van der Waals surface area contributed by atoms with E-state index < -0.39 is 16.5 Å². The van der Waals surface area contributed by atoms with Crippen LogP contribution in [-0.2, 0) is 0 Å². The topological polar surface area (TPSA) is 145 Å². The molecule has 0 radical (unpaired) electrons. The molecular formula is C9H6N6O5. The van der Waals surface area contributed by atoms with E-state index in [0.717, 1.165) is 6.07 Å². The second-order valence-corrected chi connectivity index (χ2v) is 3.68. The molecule has 1 aromatic heterocycles. The molecule has 2 heterocycles. The van der Waals surface area contributed by atoms with Crippen molar-refractivity contribution in [3.8, 4) is 11.5 Å². The smallest absolute Gasteiger partial charge is 0.286 e. The van der Waals surface area contributed by atoms with Gasteiger partial charge in [0.25, 0.3) is 11.6 Å². The van der Waals surface area contributed by atoms with Gasteiger partial charge in [0.05, 0.1) is 11.0 Å². The Kier molecular flexibility index (Phi) is 2.64. The van der Waals surface area contributed by atoms with Gasteiger partial charge in [-0.1, -0.05) is 5.10 Å². The summed E-state index contributed by atoms with van der Waals surface area (Å²) in [6.07, 6.45) is 0. The van der Waals surface area contributed by atoms with Crippen LogP contribution in [0.2, 0.25) is 0 Å². The van der Waals surface area contributed by atoms with Gasteiger partial charge in [0.15, 0.2) is 11.5 Å². The number of carbonyl (C=O) groups excluding carboxylic acids is 1. The first kappa shape index (κ1) is 11.8. The molecule has 20 heavy (non-hydrogen) atoms. The zero-order chi connectivity index (χ0) is 14.1. The van der Waals surface area contributed by atoms with E-state index in [1.54, 1.807) is 0 Å². The maximum atomic E-state index is 12.0. The van der Waals surface area contributed by atoms with Crippen molar-refractivity contribution in [3.63, 3.8) is 0 Å². The number of aromatic nitrogens is 4. The molecule has 102 valence electrons. The van der Waals surface area contributed by atoms with Crippen LogP contribution < -0.4 is 14.8 Å².